The SMILES string of the molecule is CCCN(CCC)C(=O)CCCC(=O)Nc1nc2cc3c(cc2s1)OCCO3. The van der Waals surface area contributed by atoms with E-state index in [0.717, 1.165) is 36.1 Å². The first-order valence-electron chi connectivity index (χ1n) is 9.88. The Balaban J connectivity index is 1.51. The van der Waals surface area contributed by atoms with Gasteiger partial charge in [-0.15, -0.1) is 0 Å². The highest BCUT2D eigenvalue weighted by Crippen LogP contribution is 2.37. The van der Waals surface area contributed by atoms with Crippen LogP contribution in [0.25, 0.3) is 10.2 Å². The molecule has 0 saturated heterocycles. The van der Waals surface area contributed by atoms with E-state index in [1.54, 1.807) is 0 Å². The zero-order valence-corrected chi connectivity index (χ0v) is 17.3. The molecule has 2 amide bonds. The third-order valence-electron chi connectivity index (χ3n) is 4.43. The number of carbonyl (C=O) groups excluding carboxylic acids is 2. The van der Waals surface area contributed by atoms with Crippen molar-refractivity contribution in [2.45, 2.75) is 46.0 Å². The first-order chi connectivity index (χ1) is 13.6. The van der Waals surface area contributed by atoms with Gasteiger partial charge in [-0.2, -0.15) is 0 Å². The number of nitrogens with zero attached hydrogens (tertiary/aromatic N) is 2. The second-order valence-electron chi connectivity index (χ2n) is 6.77. The molecule has 2 heterocycles. The van der Waals surface area contributed by atoms with Crippen LogP contribution in [0.15, 0.2) is 12.1 Å². The number of aromatic nitrogens is 1. The molecule has 0 unspecified atom stereocenters. The van der Waals surface area contributed by atoms with Crippen LogP contribution in [-0.2, 0) is 9.59 Å². The van der Waals surface area contributed by atoms with E-state index in [9.17, 15) is 9.59 Å². The molecule has 1 aromatic heterocycles. The molecular weight excluding hydrogens is 378 g/mol. The Morgan fingerprint density at radius 2 is 1.79 bits per heavy atom. The van der Waals surface area contributed by atoms with Crippen LogP contribution >= 0.6 is 11.3 Å². The van der Waals surface area contributed by atoms with Crippen LogP contribution in [-0.4, -0.2) is 48.0 Å². The van der Waals surface area contributed by atoms with Crippen molar-refractivity contribution in [1.29, 1.82) is 0 Å². The van der Waals surface area contributed by atoms with E-state index in [4.69, 9.17) is 9.47 Å². The Bertz CT molecular complexity index is 787. The molecule has 0 spiro atoms. The molecule has 1 N–H and O–H groups in total. The van der Waals surface area contributed by atoms with Gasteiger partial charge in [-0.05, 0) is 19.3 Å². The molecule has 0 fully saturated rings. The average molecular weight is 406 g/mol. The molecule has 0 bridgehead atoms. The Labute approximate surface area is 169 Å². The summed E-state index contributed by atoms with van der Waals surface area (Å²) in [4.78, 5) is 30.8. The summed E-state index contributed by atoms with van der Waals surface area (Å²) >= 11 is 1.40. The van der Waals surface area contributed by atoms with Crippen molar-refractivity contribution in [3.8, 4) is 11.5 Å². The predicted molar refractivity (Wildman–Crippen MR) is 110 cm³/mol. The van der Waals surface area contributed by atoms with Crippen molar-refractivity contribution < 1.29 is 19.1 Å². The largest absolute Gasteiger partial charge is 0.486 e. The number of anilines is 1. The minimum absolute atomic E-state index is 0.123. The zero-order valence-electron chi connectivity index (χ0n) is 16.5. The lowest BCUT2D eigenvalue weighted by Gasteiger charge is -2.21. The summed E-state index contributed by atoms with van der Waals surface area (Å²) in [7, 11) is 0. The van der Waals surface area contributed by atoms with Gasteiger partial charge in [0.2, 0.25) is 11.8 Å². The highest BCUT2D eigenvalue weighted by atomic mass is 32.1. The van der Waals surface area contributed by atoms with Gasteiger partial charge < -0.3 is 19.7 Å². The van der Waals surface area contributed by atoms with Crippen molar-refractivity contribution in [3.05, 3.63) is 12.1 Å². The maximum Gasteiger partial charge on any atom is 0.226 e. The van der Waals surface area contributed by atoms with Crippen LogP contribution in [0.5, 0.6) is 11.5 Å². The molecular formula is C20H27N3O4S. The van der Waals surface area contributed by atoms with E-state index in [-0.39, 0.29) is 11.8 Å². The average Bonchev–Trinajstić information content (AvgIpc) is 3.06. The summed E-state index contributed by atoms with van der Waals surface area (Å²) in [5.74, 6) is 1.40. The summed E-state index contributed by atoms with van der Waals surface area (Å²) in [5.41, 5.74) is 0.773. The van der Waals surface area contributed by atoms with Gasteiger partial charge in [0.1, 0.15) is 13.2 Å². The van der Waals surface area contributed by atoms with Crippen LogP contribution < -0.4 is 14.8 Å². The number of fused-ring (bicyclic) bond motifs is 2. The zero-order chi connectivity index (χ0) is 19.9. The number of hydrogen-bond acceptors (Lipinski definition) is 6. The Kier molecular flexibility index (Phi) is 7.08. The molecule has 1 aliphatic rings. The molecule has 8 heteroatoms. The summed E-state index contributed by atoms with van der Waals surface area (Å²) in [5, 5.41) is 3.39. The van der Waals surface area contributed by atoms with Gasteiger partial charge in [0.05, 0.1) is 10.2 Å². The lowest BCUT2D eigenvalue weighted by molar-refractivity contribution is -0.131. The fourth-order valence-electron chi connectivity index (χ4n) is 3.16. The van der Waals surface area contributed by atoms with Gasteiger partial charge in [0.25, 0.3) is 0 Å². The van der Waals surface area contributed by atoms with Crippen molar-refractivity contribution in [2.75, 3.05) is 31.6 Å². The summed E-state index contributed by atoms with van der Waals surface area (Å²) < 4.78 is 12.1. The number of ether oxygens (including phenoxy) is 2. The topological polar surface area (TPSA) is 80.8 Å². The number of carbonyl (C=O) groups is 2. The molecule has 0 radical (unpaired) electrons. The highest BCUT2D eigenvalue weighted by Gasteiger charge is 2.16. The monoisotopic (exact) mass is 405 g/mol. The second kappa shape index (κ2) is 9.73. The Hall–Kier alpha value is -2.35. The van der Waals surface area contributed by atoms with E-state index in [0.29, 0.717) is 49.1 Å². The normalized spacial score (nSPS) is 12.8. The molecule has 152 valence electrons. The van der Waals surface area contributed by atoms with Crippen LogP contribution in [0.2, 0.25) is 0 Å². The molecule has 2 aromatic rings. The third kappa shape index (κ3) is 5.13. The number of benzene rings is 1. The van der Waals surface area contributed by atoms with Crippen molar-refractivity contribution in [3.63, 3.8) is 0 Å². The van der Waals surface area contributed by atoms with Gasteiger partial charge in [0.15, 0.2) is 16.6 Å². The molecule has 0 atom stereocenters. The van der Waals surface area contributed by atoms with Crippen molar-refractivity contribution in [2.24, 2.45) is 0 Å². The van der Waals surface area contributed by atoms with Gasteiger partial charge in [-0.25, -0.2) is 4.98 Å². The maximum absolute atomic E-state index is 12.3. The second-order valence-corrected chi connectivity index (χ2v) is 7.80. The number of hydrogen-bond donors (Lipinski definition) is 1. The quantitative estimate of drug-likeness (QED) is 0.686. The van der Waals surface area contributed by atoms with Gasteiger partial charge >= 0.3 is 0 Å². The minimum Gasteiger partial charge on any atom is -0.486 e. The minimum atomic E-state index is -0.123. The fraction of sp³-hybridized carbons (Fsp3) is 0.550. The maximum atomic E-state index is 12.3. The lowest BCUT2D eigenvalue weighted by atomic mass is 10.2. The third-order valence-corrected chi connectivity index (χ3v) is 5.37. The molecule has 1 aliphatic heterocycles. The number of amides is 2. The molecule has 0 aliphatic carbocycles. The van der Waals surface area contributed by atoms with E-state index in [1.807, 2.05) is 17.0 Å². The number of thiazole rings is 1. The van der Waals surface area contributed by atoms with E-state index in [2.05, 4.69) is 24.1 Å². The lowest BCUT2D eigenvalue weighted by Crippen LogP contribution is -2.32. The van der Waals surface area contributed by atoms with Crippen LogP contribution in [0.4, 0.5) is 5.13 Å². The summed E-state index contributed by atoms with van der Waals surface area (Å²) in [6.45, 7) is 6.75. The first-order valence-corrected chi connectivity index (χ1v) is 10.7. The van der Waals surface area contributed by atoms with Gasteiger partial charge in [-0.1, -0.05) is 25.2 Å². The van der Waals surface area contributed by atoms with Crippen LogP contribution in [0.1, 0.15) is 46.0 Å². The standard InChI is InChI=1S/C20H27N3O4S/c1-3-8-23(9-4-2)19(25)7-5-6-18(24)22-20-21-14-12-15-16(13-17(14)28-20)27-11-10-26-15/h12-13H,3-11H2,1-2H3,(H,21,22,24). The predicted octanol–water partition coefficient (Wildman–Crippen LogP) is 3.82. The number of rotatable bonds is 9. The smallest absolute Gasteiger partial charge is 0.226 e. The van der Waals surface area contributed by atoms with Crippen LogP contribution in [0, 0.1) is 0 Å². The van der Waals surface area contributed by atoms with E-state index in [1.165, 1.54) is 11.3 Å². The van der Waals surface area contributed by atoms with Crippen molar-refractivity contribution in [1.82, 2.24) is 9.88 Å². The Morgan fingerprint density at radius 3 is 2.46 bits per heavy atom. The molecule has 7 nitrogen and oxygen atoms in total. The fourth-order valence-corrected chi connectivity index (χ4v) is 4.05. The van der Waals surface area contributed by atoms with Gasteiger partial charge in [0, 0.05) is 38.1 Å². The summed E-state index contributed by atoms with van der Waals surface area (Å²) in [6.07, 6.45) is 3.13. The molecule has 3 rings (SSSR count). The highest BCUT2D eigenvalue weighted by molar-refractivity contribution is 7.22. The first kappa shape index (κ1) is 20.4. The van der Waals surface area contributed by atoms with Gasteiger partial charge in [-0.3, -0.25) is 9.59 Å². The Morgan fingerprint density at radius 1 is 1.11 bits per heavy atom. The molecule has 28 heavy (non-hydrogen) atoms. The molecule has 1 aromatic carbocycles. The van der Waals surface area contributed by atoms with E-state index >= 15 is 0 Å². The molecule has 0 saturated carbocycles. The summed E-state index contributed by atoms with van der Waals surface area (Å²) in [6, 6.07) is 3.73. The van der Waals surface area contributed by atoms with Crippen LogP contribution in [0.3, 0.4) is 0 Å². The van der Waals surface area contributed by atoms with E-state index < -0.39 is 0 Å². The van der Waals surface area contributed by atoms with Crippen molar-refractivity contribution >= 4 is 38.5 Å². The number of nitrogens with one attached hydrogen (secondary N) is 1.